The number of likely N-dealkylation sites (tertiary alicyclic amines) is 1. The molecule has 1 N–H and O–H groups in total. The summed E-state index contributed by atoms with van der Waals surface area (Å²) >= 11 is 0. The van der Waals surface area contributed by atoms with Crippen molar-refractivity contribution in [3.8, 4) is 11.5 Å². The van der Waals surface area contributed by atoms with Crippen LogP contribution >= 0.6 is 0 Å². The first-order chi connectivity index (χ1) is 16.6. The van der Waals surface area contributed by atoms with Gasteiger partial charge in [-0.3, -0.25) is 9.59 Å². The summed E-state index contributed by atoms with van der Waals surface area (Å²) in [5.74, 6) is 1.11. The van der Waals surface area contributed by atoms with E-state index in [1.165, 1.54) is 0 Å². The van der Waals surface area contributed by atoms with Gasteiger partial charge in [0, 0.05) is 36.3 Å². The molecule has 0 spiro atoms. The maximum atomic E-state index is 13.1. The second-order valence-corrected chi connectivity index (χ2v) is 8.65. The minimum atomic E-state index is -0.142. The Balaban J connectivity index is 1.22. The predicted octanol–water partition coefficient (Wildman–Crippen LogP) is 3.97. The van der Waals surface area contributed by atoms with E-state index in [0.29, 0.717) is 48.7 Å². The van der Waals surface area contributed by atoms with Gasteiger partial charge in [-0.05, 0) is 56.0 Å². The number of aromatic nitrogens is 2. The molecular formula is C26H28N4O4. The number of fused-ring (bicyclic) bond motifs is 2. The molecule has 1 saturated heterocycles. The molecule has 8 nitrogen and oxygen atoms in total. The summed E-state index contributed by atoms with van der Waals surface area (Å²) in [5.41, 5.74) is 4.84. The number of rotatable bonds is 5. The average molecular weight is 461 g/mol. The molecule has 2 aliphatic heterocycles. The average Bonchev–Trinajstić information content (AvgIpc) is 3.35. The van der Waals surface area contributed by atoms with E-state index in [9.17, 15) is 9.59 Å². The highest BCUT2D eigenvalue weighted by molar-refractivity contribution is 5.98. The highest BCUT2D eigenvalue weighted by Crippen LogP contribution is 2.34. The Morgan fingerprint density at radius 2 is 1.65 bits per heavy atom. The summed E-state index contributed by atoms with van der Waals surface area (Å²) in [6.07, 6.45) is 2.89. The van der Waals surface area contributed by atoms with Gasteiger partial charge in [-0.25, -0.2) is 9.97 Å². The van der Waals surface area contributed by atoms with Crippen molar-refractivity contribution in [2.75, 3.05) is 25.2 Å². The molecule has 0 saturated carbocycles. The number of carbonyl (C=O) groups is 2. The van der Waals surface area contributed by atoms with Crippen LogP contribution in [-0.2, 0) is 17.6 Å². The molecule has 176 valence electrons. The second kappa shape index (κ2) is 9.29. The van der Waals surface area contributed by atoms with Crippen LogP contribution in [0.3, 0.4) is 0 Å². The van der Waals surface area contributed by atoms with Crippen molar-refractivity contribution in [1.82, 2.24) is 14.9 Å². The van der Waals surface area contributed by atoms with E-state index in [0.717, 1.165) is 35.3 Å². The van der Waals surface area contributed by atoms with Gasteiger partial charge in [0.1, 0.15) is 0 Å². The maximum Gasteiger partial charge on any atom is 0.253 e. The number of amides is 2. The molecule has 0 bridgehead atoms. The lowest BCUT2D eigenvalue weighted by Crippen LogP contribution is -2.41. The maximum absolute atomic E-state index is 13.1. The van der Waals surface area contributed by atoms with Gasteiger partial charge in [-0.1, -0.05) is 13.8 Å². The fourth-order valence-electron chi connectivity index (χ4n) is 4.57. The van der Waals surface area contributed by atoms with Crippen LogP contribution in [0.25, 0.3) is 11.0 Å². The van der Waals surface area contributed by atoms with E-state index in [1.54, 1.807) is 18.2 Å². The van der Waals surface area contributed by atoms with Crippen molar-refractivity contribution in [3.05, 3.63) is 53.3 Å². The Morgan fingerprint density at radius 3 is 2.38 bits per heavy atom. The lowest BCUT2D eigenvalue weighted by atomic mass is 9.95. The van der Waals surface area contributed by atoms with Crippen LogP contribution < -0.4 is 14.8 Å². The third kappa shape index (κ3) is 4.27. The van der Waals surface area contributed by atoms with Crippen molar-refractivity contribution < 1.29 is 19.1 Å². The van der Waals surface area contributed by atoms with Gasteiger partial charge in [0.25, 0.3) is 5.91 Å². The predicted molar refractivity (Wildman–Crippen MR) is 128 cm³/mol. The standard InChI is InChI=1S/C26H28N4O4/c1-3-19-20(4-2)29-22-13-17(5-7-21(22)28-19)26(32)30-11-9-16(10-12-30)25(31)27-18-6-8-23-24(14-18)34-15-33-23/h5-8,13-14,16H,3-4,9-12,15H2,1-2H3,(H,27,31). The Morgan fingerprint density at radius 1 is 0.941 bits per heavy atom. The van der Waals surface area contributed by atoms with Crippen LogP contribution in [0.15, 0.2) is 36.4 Å². The van der Waals surface area contributed by atoms with Crippen molar-refractivity contribution in [2.24, 2.45) is 5.92 Å². The highest BCUT2D eigenvalue weighted by atomic mass is 16.7. The first-order valence-electron chi connectivity index (χ1n) is 11.8. The number of anilines is 1. The van der Waals surface area contributed by atoms with E-state index >= 15 is 0 Å². The topological polar surface area (TPSA) is 93.7 Å². The fraction of sp³-hybridized carbons (Fsp3) is 0.385. The molecule has 0 radical (unpaired) electrons. The molecule has 3 heterocycles. The Kier molecular flexibility index (Phi) is 6.04. The minimum Gasteiger partial charge on any atom is -0.454 e. The largest absolute Gasteiger partial charge is 0.454 e. The molecule has 5 rings (SSSR count). The molecule has 34 heavy (non-hydrogen) atoms. The van der Waals surface area contributed by atoms with Gasteiger partial charge in [0.15, 0.2) is 11.5 Å². The van der Waals surface area contributed by atoms with Crippen LogP contribution in [0.5, 0.6) is 11.5 Å². The van der Waals surface area contributed by atoms with Gasteiger partial charge < -0.3 is 19.7 Å². The summed E-state index contributed by atoms with van der Waals surface area (Å²) in [5, 5.41) is 2.96. The van der Waals surface area contributed by atoms with Gasteiger partial charge in [0.05, 0.1) is 22.4 Å². The number of ether oxygens (including phenoxy) is 2. The van der Waals surface area contributed by atoms with Gasteiger partial charge in [-0.15, -0.1) is 0 Å². The van der Waals surface area contributed by atoms with Crippen molar-refractivity contribution in [2.45, 2.75) is 39.5 Å². The van der Waals surface area contributed by atoms with Crippen LogP contribution in [0.1, 0.15) is 48.4 Å². The highest BCUT2D eigenvalue weighted by Gasteiger charge is 2.28. The quantitative estimate of drug-likeness (QED) is 0.619. The van der Waals surface area contributed by atoms with E-state index < -0.39 is 0 Å². The normalized spacial score (nSPS) is 15.5. The van der Waals surface area contributed by atoms with E-state index in [-0.39, 0.29) is 24.5 Å². The number of aryl methyl sites for hydroxylation is 2. The van der Waals surface area contributed by atoms with Crippen molar-refractivity contribution in [3.63, 3.8) is 0 Å². The number of nitrogens with one attached hydrogen (secondary N) is 1. The molecule has 2 amide bonds. The molecule has 1 fully saturated rings. The first kappa shape index (κ1) is 22.1. The molecule has 2 aliphatic rings. The molecule has 2 aromatic carbocycles. The zero-order chi connectivity index (χ0) is 23.7. The zero-order valence-electron chi connectivity index (χ0n) is 19.5. The molecule has 3 aromatic rings. The monoisotopic (exact) mass is 460 g/mol. The number of piperidine rings is 1. The zero-order valence-corrected chi connectivity index (χ0v) is 19.5. The van der Waals surface area contributed by atoms with Gasteiger partial charge in [-0.2, -0.15) is 0 Å². The number of carbonyl (C=O) groups excluding carboxylic acids is 2. The van der Waals surface area contributed by atoms with E-state index in [1.807, 2.05) is 23.1 Å². The summed E-state index contributed by atoms with van der Waals surface area (Å²) < 4.78 is 10.7. The Labute approximate surface area is 198 Å². The Bertz CT molecular complexity index is 1250. The third-order valence-electron chi connectivity index (χ3n) is 6.53. The summed E-state index contributed by atoms with van der Waals surface area (Å²) in [6, 6.07) is 10.9. The SMILES string of the molecule is CCc1nc2ccc(C(=O)N3CCC(C(=O)Nc4ccc5c(c4)OCO5)CC3)cc2nc1CC. The van der Waals surface area contributed by atoms with Crippen LogP contribution in [0.4, 0.5) is 5.69 Å². The van der Waals surface area contributed by atoms with Crippen molar-refractivity contribution >= 4 is 28.5 Å². The number of hydrogen-bond donors (Lipinski definition) is 1. The molecule has 0 aliphatic carbocycles. The van der Waals surface area contributed by atoms with Crippen LogP contribution in [-0.4, -0.2) is 46.6 Å². The van der Waals surface area contributed by atoms with Gasteiger partial charge >= 0.3 is 0 Å². The number of hydrogen-bond acceptors (Lipinski definition) is 6. The smallest absolute Gasteiger partial charge is 0.253 e. The fourth-order valence-corrected chi connectivity index (χ4v) is 4.57. The number of benzene rings is 2. The lowest BCUT2D eigenvalue weighted by Gasteiger charge is -2.31. The third-order valence-corrected chi connectivity index (χ3v) is 6.53. The van der Waals surface area contributed by atoms with Gasteiger partial charge in [0.2, 0.25) is 12.7 Å². The number of nitrogens with zero attached hydrogens (tertiary/aromatic N) is 3. The summed E-state index contributed by atoms with van der Waals surface area (Å²) in [4.78, 5) is 37.2. The minimum absolute atomic E-state index is 0.0315. The van der Waals surface area contributed by atoms with E-state index in [4.69, 9.17) is 19.4 Å². The summed E-state index contributed by atoms with van der Waals surface area (Å²) in [6.45, 7) is 5.42. The molecule has 1 aromatic heterocycles. The summed E-state index contributed by atoms with van der Waals surface area (Å²) in [7, 11) is 0. The van der Waals surface area contributed by atoms with Crippen LogP contribution in [0.2, 0.25) is 0 Å². The lowest BCUT2D eigenvalue weighted by molar-refractivity contribution is -0.121. The van der Waals surface area contributed by atoms with Crippen molar-refractivity contribution in [1.29, 1.82) is 0 Å². The molecule has 0 atom stereocenters. The molecule has 0 unspecified atom stereocenters. The first-order valence-corrected chi connectivity index (χ1v) is 11.8. The Hall–Kier alpha value is -3.68. The van der Waals surface area contributed by atoms with Crippen LogP contribution in [0, 0.1) is 5.92 Å². The molecular weight excluding hydrogens is 432 g/mol. The second-order valence-electron chi connectivity index (χ2n) is 8.65. The molecule has 8 heteroatoms. The van der Waals surface area contributed by atoms with E-state index in [2.05, 4.69) is 19.2 Å².